The fourth-order valence-electron chi connectivity index (χ4n) is 2.08. The quantitative estimate of drug-likeness (QED) is 0.877. The van der Waals surface area contributed by atoms with Gasteiger partial charge in [0.2, 0.25) is 0 Å². The maximum absolute atomic E-state index is 11.0. The van der Waals surface area contributed by atoms with Gasteiger partial charge in [-0.05, 0) is 27.0 Å². The van der Waals surface area contributed by atoms with Crippen molar-refractivity contribution in [3.05, 3.63) is 41.6 Å². The number of hydrogen-bond donors (Lipinski definition) is 2. The molecule has 20 heavy (non-hydrogen) atoms. The van der Waals surface area contributed by atoms with Crippen molar-refractivity contribution in [2.45, 2.75) is 26.4 Å². The number of benzene rings is 1. The average Bonchev–Trinajstić information content (AvgIpc) is 2.85. The van der Waals surface area contributed by atoms with E-state index in [0.717, 1.165) is 16.8 Å². The van der Waals surface area contributed by atoms with Crippen LogP contribution < -0.4 is 0 Å². The van der Waals surface area contributed by atoms with Gasteiger partial charge >= 0.3 is 5.97 Å². The molecular formula is C15H19N3O2. The molecule has 0 saturated heterocycles. The first kappa shape index (κ1) is 14.3. The molecule has 1 aromatic heterocycles. The van der Waals surface area contributed by atoms with Crippen LogP contribution in [0, 0.1) is 6.92 Å². The minimum atomic E-state index is -0.826. The predicted octanol–water partition coefficient (Wildman–Crippen LogP) is 2.29. The minimum Gasteiger partial charge on any atom is -0.480 e. The summed E-state index contributed by atoms with van der Waals surface area (Å²) in [5, 5.41) is 16.1. The summed E-state index contributed by atoms with van der Waals surface area (Å²) >= 11 is 0. The van der Waals surface area contributed by atoms with Crippen LogP contribution in [0.2, 0.25) is 0 Å². The van der Waals surface area contributed by atoms with Crippen molar-refractivity contribution in [3.8, 4) is 11.3 Å². The first-order chi connectivity index (χ1) is 9.49. The van der Waals surface area contributed by atoms with E-state index in [4.69, 9.17) is 5.11 Å². The molecule has 5 heteroatoms. The van der Waals surface area contributed by atoms with E-state index in [0.29, 0.717) is 6.54 Å². The zero-order chi connectivity index (χ0) is 14.7. The normalized spacial score (nSPS) is 12.6. The third-order valence-electron chi connectivity index (χ3n) is 3.46. The van der Waals surface area contributed by atoms with Gasteiger partial charge in [-0.1, -0.05) is 23.8 Å². The topological polar surface area (TPSA) is 69.2 Å². The summed E-state index contributed by atoms with van der Waals surface area (Å²) in [5.41, 5.74) is 4.17. The van der Waals surface area contributed by atoms with Gasteiger partial charge in [0.1, 0.15) is 6.04 Å². The number of aryl methyl sites for hydroxylation is 1. The lowest BCUT2D eigenvalue weighted by Crippen LogP contribution is -2.35. The molecule has 0 aliphatic carbocycles. The lowest BCUT2D eigenvalue weighted by atomic mass is 10.1. The van der Waals surface area contributed by atoms with Crippen molar-refractivity contribution in [2.24, 2.45) is 0 Å². The number of rotatable bonds is 5. The first-order valence-corrected chi connectivity index (χ1v) is 6.51. The number of carboxylic acid groups (broad SMARTS) is 1. The summed E-state index contributed by atoms with van der Waals surface area (Å²) in [7, 11) is 1.80. The molecule has 106 valence electrons. The van der Waals surface area contributed by atoms with E-state index in [2.05, 4.69) is 16.3 Å². The Labute approximate surface area is 118 Å². The van der Waals surface area contributed by atoms with E-state index in [-0.39, 0.29) is 0 Å². The van der Waals surface area contributed by atoms with Crippen molar-refractivity contribution in [2.75, 3.05) is 7.05 Å². The molecule has 2 aromatic rings. The molecule has 2 N–H and O–H groups in total. The number of carboxylic acids is 1. The maximum atomic E-state index is 11.0. The van der Waals surface area contributed by atoms with Crippen molar-refractivity contribution in [1.29, 1.82) is 0 Å². The van der Waals surface area contributed by atoms with Crippen LogP contribution in [-0.2, 0) is 11.3 Å². The third-order valence-corrected chi connectivity index (χ3v) is 3.46. The zero-order valence-electron chi connectivity index (χ0n) is 11.9. The van der Waals surface area contributed by atoms with Gasteiger partial charge in [0.25, 0.3) is 0 Å². The SMILES string of the molecule is Cc1cccc(-c2[nH]ncc2CN(C)C(C)C(=O)O)c1. The summed E-state index contributed by atoms with van der Waals surface area (Å²) in [6.45, 7) is 4.25. The standard InChI is InChI=1S/C15H19N3O2/c1-10-5-4-6-12(7-10)14-13(8-16-17-14)9-18(3)11(2)15(19)20/h4-8,11H,9H2,1-3H3,(H,16,17)(H,19,20). The summed E-state index contributed by atoms with van der Waals surface area (Å²) in [6, 6.07) is 7.61. The number of H-pyrrole nitrogens is 1. The van der Waals surface area contributed by atoms with E-state index in [1.54, 1.807) is 25.1 Å². The molecule has 1 atom stereocenters. The second-order valence-corrected chi connectivity index (χ2v) is 5.07. The Balaban J connectivity index is 2.23. The third kappa shape index (κ3) is 3.05. The molecule has 2 rings (SSSR count). The molecule has 0 aliphatic rings. The monoisotopic (exact) mass is 273 g/mol. The van der Waals surface area contributed by atoms with Gasteiger partial charge in [0, 0.05) is 17.7 Å². The summed E-state index contributed by atoms with van der Waals surface area (Å²) in [4.78, 5) is 12.8. The van der Waals surface area contributed by atoms with E-state index in [1.807, 2.05) is 25.1 Å². The van der Waals surface area contributed by atoms with Crippen LogP contribution in [0.4, 0.5) is 0 Å². The Bertz CT molecular complexity index is 607. The molecule has 0 amide bonds. The highest BCUT2D eigenvalue weighted by Crippen LogP contribution is 2.23. The van der Waals surface area contributed by atoms with Crippen LogP contribution in [0.15, 0.2) is 30.5 Å². The Morgan fingerprint density at radius 1 is 1.50 bits per heavy atom. The number of aliphatic carboxylic acids is 1. The fourth-order valence-corrected chi connectivity index (χ4v) is 2.08. The Morgan fingerprint density at radius 2 is 2.25 bits per heavy atom. The van der Waals surface area contributed by atoms with E-state index in [9.17, 15) is 4.79 Å². The number of aromatic nitrogens is 2. The van der Waals surface area contributed by atoms with Crippen LogP contribution in [-0.4, -0.2) is 39.3 Å². The highest BCUT2D eigenvalue weighted by Gasteiger charge is 2.19. The molecule has 0 saturated carbocycles. The molecule has 0 spiro atoms. The van der Waals surface area contributed by atoms with Gasteiger partial charge in [-0.3, -0.25) is 14.8 Å². The molecule has 0 aliphatic heterocycles. The lowest BCUT2D eigenvalue weighted by molar-refractivity contribution is -0.142. The van der Waals surface area contributed by atoms with Gasteiger partial charge in [-0.2, -0.15) is 5.10 Å². The summed E-state index contributed by atoms with van der Waals surface area (Å²) in [6.07, 6.45) is 1.75. The number of carbonyl (C=O) groups is 1. The molecular weight excluding hydrogens is 254 g/mol. The zero-order valence-corrected chi connectivity index (χ0v) is 11.9. The second-order valence-electron chi connectivity index (χ2n) is 5.07. The van der Waals surface area contributed by atoms with Crippen molar-refractivity contribution in [1.82, 2.24) is 15.1 Å². The van der Waals surface area contributed by atoms with Crippen LogP contribution in [0.5, 0.6) is 0 Å². The molecule has 0 radical (unpaired) electrons. The number of hydrogen-bond acceptors (Lipinski definition) is 3. The Kier molecular flexibility index (Phi) is 4.20. The van der Waals surface area contributed by atoms with Gasteiger partial charge in [0.15, 0.2) is 0 Å². The summed E-state index contributed by atoms with van der Waals surface area (Å²) < 4.78 is 0. The second kappa shape index (κ2) is 5.88. The minimum absolute atomic E-state index is 0.532. The van der Waals surface area contributed by atoms with Gasteiger partial charge in [-0.25, -0.2) is 0 Å². The largest absolute Gasteiger partial charge is 0.480 e. The highest BCUT2D eigenvalue weighted by molar-refractivity contribution is 5.73. The van der Waals surface area contributed by atoms with Gasteiger partial charge < -0.3 is 5.11 Å². The highest BCUT2D eigenvalue weighted by atomic mass is 16.4. The molecule has 1 unspecified atom stereocenters. The van der Waals surface area contributed by atoms with E-state index >= 15 is 0 Å². The lowest BCUT2D eigenvalue weighted by Gasteiger charge is -2.20. The molecule has 0 bridgehead atoms. The average molecular weight is 273 g/mol. The van der Waals surface area contributed by atoms with Crippen molar-refractivity contribution in [3.63, 3.8) is 0 Å². The number of nitrogens with zero attached hydrogens (tertiary/aromatic N) is 2. The van der Waals surface area contributed by atoms with Crippen molar-refractivity contribution >= 4 is 5.97 Å². The van der Waals surface area contributed by atoms with Crippen LogP contribution in [0.3, 0.4) is 0 Å². The van der Waals surface area contributed by atoms with Gasteiger partial charge in [0.05, 0.1) is 11.9 Å². The smallest absolute Gasteiger partial charge is 0.320 e. The molecule has 1 heterocycles. The fraction of sp³-hybridized carbons (Fsp3) is 0.333. The number of aromatic amines is 1. The number of nitrogens with one attached hydrogen (secondary N) is 1. The van der Waals surface area contributed by atoms with Crippen LogP contribution in [0.1, 0.15) is 18.1 Å². The Hall–Kier alpha value is -2.14. The van der Waals surface area contributed by atoms with E-state index in [1.165, 1.54) is 5.56 Å². The maximum Gasteiger partial charge on any atom is 0.320 e. The predicted molar refractivity (Wildman–Crippen MR) is 77.3 cm³/mol. The summed E-state index contributed by atoms with van der Waals surface area (Å²) in [5.74, 6) is -0.826. The van der Waals surface area contributed by atoms with Gasteiger partial charge in [-0.15, -0.1) is 0 Å². The first-order valence-electron chi connectivity index (χ1n) is 6.51. The molecule has 0 fully saturated rings. The number of likely N-dealkylation sites (N-methyl/N-ethyl adjacent to an activating group) is 1. The van der Waals surface area contributed by atoms with E-state index < -0.39 is 12.0 Å². The Morgan fingerprint density at radius 3 is 2.90 bits per heavy atom. The van der Waals surface area contributed by atoms with Crippen LogP contribution in [0.25, 0.3) is 11.3 Å². The van der Waals surface area contributed by atoms with Crippen molar-refractivity contribution < 1.29 is 9.90 Å². The molecule has 1 aromatic carbocycles. The van der Waals surface area contributed by atoms with Crippen LogP contribution >= 0.6 is 0 Å². The molecule has 5 nitrogen and oxygen atoms in total.